The highest BCUT2D eigenvalue weighted by Crippen LogP contribution is 2.46. The van der Waals surface area contributed by atoms with E-state index in [1.165, 1.54) is 98.4 Å². The van der Waals surface area contributed by atoms with E-state index in [1.54, 1.807) is 0 Å². The summed E-state index contributed by atoms with van der Waals surface area (Å²) in [6.07, 6.45) is 0. The maximum atomic E-state index is 2.40. The van der Waals surface area contributed by atoms with Crippen molar-refractivity contribution in [1.82, 2.24) is 0 Å². The van der Waals surface area contributed by atoms with E-state index in [9.17, 15) is 0 Å². The second kappa shape index (κ2) is 11.6. The van der Waals surface area contributed by atoms with Gasteiger partial charge >= 0.3 is 0 Å². The van der Waals surface area contributed by atoms with Gasteiger partial charge in [0, 0.05) is 0 Å². The number of hydrogen-bond acceptors (Lipinski definition) is 0. The van der Waals surface area contributed by atoms with Crippen molar-refractivity contribution in [3.05, 3.63) is 194 Å². The van der Waals surface area contributed by atoms with E-state index in [2.05, 4.69) is 194 Å². The van der Waals surface area contributed by atoms with Crippen LogP contribution in [0.5, 0.6) is 0 Å². The molecule has 0 aromatic heterocycles. The van der Waals surface area contributed by atoms with E-state index in [4.69, 9.17) is 0 Å². The highest BCUT2D eigenvalue weighted by molar-refractivity contribution is 6.22. The predicted octanol–water partition coefficient (Wildman–Crippen LogP) is 14.1. The maximum absolute atomic E-state index is 2.40. The first kappa shape index (κ1) is 28.5. The molecule has 0 amide bonds. The van der Waals surface area contributed by atoms with Crippen LogP contribution in [0, 0.1) is 0 Å². The molecule has 50 heavy (non-hydrogen) atoms. The molecule has 10 aromatic carbocycles. The summed E-state index contributed by atoms with van der Waals surface area (Å²) < 4.78 is 0. The van der Waals surface area contributed by atoms with Crippen LogP contribution in [0.3, 0.4) is 0 Å². The van der Waals surface area contributed by atoms with Gasteiger partial charge in [-0.3, -0.25) is 0 Å². The van der Waals surface area contributed by atoms with Crippen LogP contribution in [-0.2, 0) is 0 Å². The van der Waals surface area contributed by atoms with E-state index in [0.29, 0.717) is 0 Å². The maximum Gasteiger partial charge on any atom is -0.00262 e. The molecule has 0 bridgehead atoms. The standard InChI is InChI=1S/C50H32/c1-3-15-36-30-40(26-24-33(36)12-1)48-42-19-6-5-14-35(42)28-29-43(48)38-17-11-18-39(32-38)49-44-20-7-9-22-46(44)50(47-23-10-8-21-45(47)49)41-27-25-34-13-2-4-16-37(34)31-41/h1-32H. The molecular weight excluding hydrogens is 601 g/mol. The quantitative estimate of drug-likeness (QED) is 0.169. The third-order valence-corrected chi connectivity index (χ3v) is 10.4. The van der Waals surface area contributed by atoms with Crippen LogP contribution in [0.25, 0.3) is 98.4 Å². The molecule has 0 saturated carbocycles. The molecule has 10 rings (SSSR count). The van der Waals surface area contributed by atoms with Crippen molar-refractivity contribution in [2.75, 3.05) is 0 Å². The average molecular weight is 633 g/mol. The molecular formula is C50H32. The zero-order valence-electron chi connectivity index (χ0n) is 27.5. The van der Waals surface area contributed by atoms with Crippen LogP contribution < -0.4 is 0 Å². The van der Waals surface area contributed by atoms with Crippen LogP contribution in [0.15, 0.2) is 194 Å². The first-order chi connectivity index (χ1) is 24.8. The normalized spacial score (nSPS) is 11.6. The molecule has 0 unspecified atom stereocenters. The van der Waals surface area contributed by atoms with E-state index < -0.39 is 0 Å². The van der Waals surface area contributed by atoms with Crippen molar-refractivity contribution >= 4 is 53.9 Å². The highest BCUT2D eigenvalue weighted by atomic mass is 14.2. The van der Waals surface area contributed by atoms with Gasteiger partial charge in [-0.25, -0.2) is 0 Å². The van der Waals surface area contributed by atoms with E-state index >= 15 is 0 Å². The summed E-state index contributed by atoms with van der Waals surface area (Å²) in [7, 11) is 0. The first-order valence-electron chi connectivity index (χ1n) is 17.3. The third-order valence-electron chi connectivity index (χ3n) is 10.4. The number of hydrogen-bond donors (Lipinski definition) is 0. The van der Waals surface area contributed by atoms with E-state index in [1.807, 2.05) is 0 Å². The molecule has 0 heterocycles. The van der Waals surface area contributed by atoms with Gasteiger partial charge in [0.2, 0.25) is 0 Å². The molecule has 0 N–H and O–H groups in total. The van der Waals surface area contributed by atoms with Crippen LogP contribution in [-0.4, -0.2) is 0 Å². The molecule has 0 aliphatic carbocycles. The van der Waals surface area contributed by atoms with Gasteiger partial charge in [0.05, 0.1) is 0 Å². The van der Waals surface area contributed by atoms with Gasteiger partial charge in [-0.1, -0.05) is 176 Å². The van der Waals surface area contributed by atoms with Gasteiger partial charge in [-0.2, -0.15) is 0 Å². The summed E-state index contributed by atoms with van der Waals surface area (Å²) in [4.78, 5) is 0. The SMILES string of the molecule is c1cc(-c2ccc3ccccc3c2-c2ccc3ccccc3c2)cc(-c2c3ccccc3c(-c3ccc4ccccc4c3)c3ccccc23)c1. The molecule has 0 heteroatoms. The van der Waals surface area contributed by atoms with Crippen molar-refractivity contribution in [3.8, 4) is 44.5 Å². The van der Waals surface area contributed by atoms with E-state index in [0.717, 1.165) is 0 Å². The van der Waals surface area contributed by atoms with Gasteiger partial charge in [0.15, 0.2) is 0 Å². The van der Waals surface area contributed by atoms with E-state index in [-0.39, 0.29) is 0 Å². The van der Waals surface area contributed by atoms with Crippen molar-refractivity contribution in [3.63, 3.8) is 0 Å². The lowest BCUT2D eigenvalue weighted by Crippen LogP contribution is -1.92. The third kappa shape index (κ3) is 4.61. The average Bonchev–Trinajstić information content (AvgIpc) is 3.19. The summed E-state index contributed by atoms with van der Waals surface area (Å²) in [6.45, 7) is 0. The fraction of sp³-hybridized carbons (Fsp3) is 0. The van der Waals surface area contributed by atoms with Crippen molar-refractivity contribution in [1.29, 1.82) is 0 Å². The Hall–Kier alpha value is -6.50. The van der Waals surface area contributed by atoms with Gasteiger partial charge < -0.3 is 0 Å². The second-order valence-corrected chi connectivity index (χ2v) is 13.3. The minimum Gasteiger partial charge on any atom is -0.0616 e. The van der Waals surface area contributed by atoms with Gasteiger partial charge in [-0.05, 0) is 117 Å². The van der Waals surface area contributed by atoms with Gasteiger partial charge in [0.1, 0.15) is 0 Å². The summed E-state index contributed by atoms with van der Waals surface area (Å²) in [5.74, 6) is 0. The molecule has 0 saturated heterocycles. The summed E-state index contributed by atoms with van der Waals surface area (Å²) in [6, 6.07) is 71.4. The number of rotatable bonds is 4. The molecule has 10 aromatic rings. The van der Waals surface area contributed by atoms with Crippen molar-refractivity contribution in [2.45, 2.75) is 0 Å². The minimum atomic E-state index is 1.21. The Bertz CT molecular complexity index is 2870. The summed E-state index contributed by atoms with van der Waals surface area (Å²) in [5.41, 5.74) is 9.98. The lowest BCUT2D eigenvalue weighted by atomic mass is 9.84. The summed E-state index contributed by atoms with van der Waals surface area (Å²) >= 11 is 0. The molecule has 0 aliphatic rings. The molecule has 0 radical (unpaired) electrons. The van der Waals surface area contributed by atoms with Gasteiger partial charge in [0.25, 0.3) is 0 Å². The Morgan fingerprint density at radius 2 is 0.600 bits per heavy atom. The van der Waals surface area contributed by atoms with Crippen LogP contribution in [0.1, 0.15) is 0 Å². The van der Waals surface area contributed by atoms with Crippen LogP contribution in [0.2, 0.25) is 0 Å². The Morgan fingerprint density at radius 1 is 0.200 bits per heavy atom. The highest BCUT2D eigenvalue weighted by Gasteiger charge is 2.18. The predicted molar refractivity (Wildman–Crippen MR) is 216 cm³/mol. The van der Waals surface area contributed by atoms with Crippen LogP contribution >= 0.6 is 0 Å². The lowest BCUT2D eigenvalue weighted by molar-refractivity contribution is 1.61. The van der Waals surface area contributed by atoms with Crippen molar-refractivity contribution < 1.29 is 0 Å². The van der Waals surface area contributed by atoms with Crippen molar-refractivity contribution in [2.24, 2.45) is 0 Å². The second-order valence-electron chi connectivity index (χ2n) is 13.3. The molecule has 232 valence electrons. The Morgan fingerprint density at radius 3 is 1.16 bits per heavy atom. The zero-order valence-corrected chi connectivity index (χ0v) is 27.5. The molecule has 0 atom stereocenters. The molecule has 0 nitrogen and oxygen atoms in total. The van der Waals surface area contributed by atoms with Gasteiger partial charge in [-0.15, -0.1) is 0 Å². The number of benzene rings is 10. The molecule has 0 aliphatic heterocycles. The lowest BCUT2D eigenvalue weighted by Gasteiger charge is -2.19. The summed E-state index contributed by atoms with van der Waals surface area (Å²) in [5, 5.41) is 12.6. The largest absolute Gasteiger partial charge is 0.0616 e. The zero-order chi connectivity index (χ0) is 33.0. The monoisotopic (exact) mass is 632 g/mol. The molecule has 0 fully saturated rings. The minimum absolute atomic E-state index is 1.21. The Kier molecular flexibility index (Phi) is 6.60. The Labute approximate surface area is 291 Å². The fourth-order valence-electron chi connectivity index (χ4n) is 8.11. The topological polar surface area (TPSA) is 0 Å². The first-order valence-corrected chi connectivity index (χ1v) is 17.3. The molecule has 0 spiro atoms. The number of fused-ring (bicyclic) bond motifs is 5. The smallest absolute Gasteiger partial charge is 0.00262 e. The Balaban J connectivity index is 1.22. The van der Waals surface area contributed by atoms with Crippen LogP contribution in [0.4, 0.5) is 0 Å². The fourth-order valence-corrected chi connectivity index (χ4v) is 8.11.